The summed E-state index contributed by atoms with van der Waals surface area (Å²) >= 11 is 0. The second-order valence-corrected chi connectivity index (χ2v) is 6.63. The second-order valence-electron chi connectivity index (χ2n) is 6.63. The van der Waals surface area contributed by atoms with Crippen molar-refractivity contribution in [1.82, 2.24) is 4.90 Å². The zero-order chi connectivity index (χ0) is 16.7. The van der Waals surface area contributed by atoms with Crippen LogP contribution in [0.2, 0.25) is 0 Å². The summed E-state index contributed by atoms with van der Waals surface area (Å²) in [5.74, 6) is 1.74. The Kier molecular flexibility index (Phi) is 3.85. The number of nitrogens with zero attached hydrogens (tertiary/aromatic N) is 1. The first-order valence-electron chi connectivity index (χ1n) is 8.49. The molecule has 2 aliphatic heterocycles. The average molecular weight is 325 g/mol. The van der Waals surface area contributed by atoms with E-state index in [0.29, 0.717) is 11.8 Å². The molecular weight excluding hydrogens is 302 g/mol. The molecule has 4 heteroatoms. The van der Waals surface area contributed by atoms with E-state index in [1.807, 2.05) is 12.1 Å². The fourth-order valence-corrected chi connectivity index (χ4v) is 4.10. The van der Waals surface area contributed by atoms with Gasteiger partial charge in [-0.15, -0.1) is 0 Å². The van der Waals surface area contributed by atoms with Crippen molar-refractivity contribution < 1.29 is 14.6 Å². The minimum absolute atomic E-state index is 0.237. The fourth-order valence-electron chi connectivity index (χ4n) is 4.10. The van der Waals surface area contributed by atoms with Crippen molar-refractivity contribution in [2.24, 2.45) is 0 Å². The molecular formula is C20H23NO3. The molecule has 0 spiro atoms. The maximum Gasteiger partial charge on any atom is 0.160 e. The van der Waals surface area contributed by atoms with Gasteiger partial charge in [0.1, 0.15) is 5.75 Å². The highest BCUT2D eigenvalue weighted by atomic mass is 16.5. The smallest absolute Gasteiger partial charge is 0.160 e. The van der Waals surface area contributed by atoms with Crippen LogP contribution in [0.5, 0.6) is 17.2 Å². The molecule has 2 aromatic carbocycles. The van der Waals surface area contributed by atoms with Gasteiger partial charge < -0.3 is 14.6 Å². The number of phenols is 1. The summed E-state index contributed by atoms with van der Waals surface area (Å²) in [7, 11) is 3.32. The number of phenolic OH excluding ortho intramolecular Hbond substituents is 1. The van der Waals surface area contributed by atoms with Crippen molar-refractivity contribution >= 4 is 0 Å². The summed E-state index contributed by atoms with van der Waals surface area (Å²) in [6.45, 7) is 1.95. The lowest BCUT2D eigenvalue weighted by atomic mass is 9.90. The van der Waals surface area contributed by atoms with Crippen molar-refractivity contribution in [1.29, 1.82) is 0 Å². The molecule has 1 atom stereocenters. The molecule has 2 aliphatic rings. The van der Waals surface area contributed by atoms with Gasteiger partial charge in [-0.1, -0.05) is 6.07 Å². The summed E-state index contributed by atoms with van der Waals surface area (Å²) in [5.41, 5.74) is 5.33. The number of aryl methyl sites for hydroxylation is 1. The Balaban J connectivity index is 1.69. The van der Waals surface area contributed by atoms with Gasteiger partial charge in [0.05, 0.1) is 14.2 Å². The molecule has 0 unspecified atom stereocenters. The lowest BCUT2D eigenvalue weighted by Gasteiger charge is -2.36. The lowest BCUT2D eigenvalue weighted by molar-refractivity contribution is 0.173. The lowest BCUT2D eigenvalue weighted by Crippen LogP contribution is -2.34. The summed E-state index contributed by atoms with van der Waals surface area (Å²) in [6.07, 6.45) is 3.09. The zero-order valence-corrected chi connectivity index (χ0v) is 14.2. The quantitative estimate of drug-likeness (QED) is 0.918. The molecule has 0 bridgehead atoms. The third-order valence-electron chi connectivity index (χ3n) is 5.38. The van der Waals surface area contributed by atoms with Crippen LogP contribution in [0, 0.1) is 0 Å². The van der Waals surface area contributed by atoms with Gasteiger partial charge in [-0.3, -0.25) is 4.90 Å². The number of ether oxygens (including phenoxy) is 2. The predicted molar refractivity (Wildman–Crippen MR) is 92.8 cm³/mol. The molecule has 126 valence electrons. The Morgan fingerprint density at radius 3 is 2.67 bits per heavy atom. The number of methoxy groups -OCH3 is 2. The van der Waals surface area contributed by atoms with E-state index >= 15 is 0 Å². The van der Waals surface area contributed by atoms with Crippen LogP contribution in [0.3, 0.4) is 0 Å². The monoisotopic (exact) mass is 325 g/mol. The van der Waals surface area contributed by atoms with Crippen LogP contribution in [0.25, 0.3) is 0 Å². The molecule has 0 saturated carbocycles. The van der Waals surface area contributed by atoms with Gasteiger partial charge in [0, 0.05) is 19.1 Å². The maximum absolute atomic E-state index is 10.1. The number of aromatic hydroxyl groups is 1. The minimum atomic E-state index is 0.237. The number of rotatable bonds is 2. The largest absolute Gasteiger partial charge is 0.504 e. The SMILES string of the molecule is COc1ccc2c(c1)CCN1Cc3cc(OC)c(O)cc3CC[C@@H]21. The van der Waals surface area contributed by atoms with Gasteiger partial charge in [0.25, 0.3) is 0 Å². The Morgan fingerprint density at radius 2 is 1.88 bits per heavy atom. The van der Waals surface area contributed by atoms with Crippen molar-refractivity contribution in [2.75, 3.05) is 20.8 Å². The molecule has 2 heterocycles. The zero-order valence-electron chi connectivity index (χ0n) is 14.2. The number of hydrogen-bond donors (Lipinski definition) is 1. The molecule has 0 aromatic heterocycles. The van der Waals surface area contributed by atoms with E-state index in [-0.39, 0.29) is 5.75 Å². The molecule has 0 amide bonds. The topological polar surface area (TPSA) is 41.9 Å². The Hall–Kier alpha value is -2.20. The molecule has 0 radical (unpaired) electrons. The Labute approximate surface area is 142 Å². The molecule has 4 rings (SSSR count). The third-order valence-corrected chi connectivity index (χ3v) is 5.38. The summed E-state index contributed by atoms with van der Waals surface area (Å²) in [4.78, 5) is 2.55. The first-order valence-corrected chi connectivity index (χ1v) is 8.49. The normalized spacial score (nSPS) is 19.7. The van der Waals surface area contributed by atoms with E-state index in [1.165, 1.54) is 22.3 Å². The van der Waals surface area contributed by atoms with Crippen LogP contribution in [-0.4, -0.2) is 30.8 Å². The van der Waals surface area contributed by atoms with Crippen LogP contribution in [0.1, 0.15) is 34.7 Å². The van der Waals surface area contributed by atoms with Crippen molar-refractivity contribution in [2.45, 2.75) is 31.8 Å². The minimum Gasteiger partial charge on any atom is -0.504 e. The molecule has 4 nitrogen and oxygen atoms in total. The van der Waals surface area contributed by atoms with Gasteiger partial charge in [-0.2, -0.15) is 0 Å². The number of fused-ring (bicyclic) bond motifs is 4. The van der Waals surface area contributed by atoms with E-state index in [0.717, 1.165) is 38.1 Å². The van der Waals surface area contributed by atoms with Gasteiger partial charge in [0.15, 0.2) is 11.5 Å². The molecule has 24 heavy (non-hydrogen) atoms. The van der Waals surface area contributed by atoms with Crippen LogP contribution < -0.4 is 9.47 Å². The fraction of sp³-hybridized carbons (Fsp3) is 0.400. The second kappa shape index (κ2) is 6.02. The van der Waals surface area contributed by atoms with Crippen LogP contribution >= 0.6 is 0 Å². The number of benzene rings is 2. The van der Waals surface area contributed by atoms with Gasteiger partial charge in [-0.25, -0.2) is 0 Å². The third kappa shape index (κ3) is 2.51. The van der Waals surface area contributed by atoms with Crippen molar-refractivity contribution in [3.05, 3.63) is 52.6 Å². The van der Waals surface area contributed by atoms with E-state index in [2.05, 4.69) is 23.1 Å². The molecule has 0 saturated heterocycles. The molecule has 0 fully saturated rings. The van der Waals surface area contributed by atoms with E-state index in [4.69, 9.17) is 9.47 Å². The Morgan fingerprint density at radius 1 is 1.00 bits per heavy atom. The molecule has 1 N–H and O–H groups in total. The molecule has 2 aromatic rings. The highest BCUT2D eigenvalue weighted by molar-refractivity contribution is 5.48. The summed E-state index contributed by atoms with van der Waals surface area (Å²) in [6, 6.07) is 10.8. The van der Waals surface area contributed by atoms with Gasteiger partial charge in [0.2, 0.25) is 0 Å². The highest BCUT2D eigenvalue weighted by Crippen LogP contribution is 2.40. The van der Waals surface area contributed by atoms with Crippen molar-refractivity contribution in [3.8, 4) is 17.2 Å². The van der Waals surface area contributed by atoms with E-state index in [9.17, 15) is 5.11 Å². The van der Waals surface area contributed by atoms with Crippen molar-refractivity contribution in [3.63, 3.8) is 0 Å². The molecule has 0 aliphatic carbocycles. The van der Waals surface area contributed by atoms with Crippen LogP contribution in [0.15, 0.2) is 30.3 Å². The standard InChI is InChI=1S/C20H23NO3/c1-23-16-4-5-17-14(9-16)7-8-21-12-15-11-20(24-2)19(22)10-13(15)3-6-18(17)21/h4-5,9-11,18,22H,3,6-8,12H2,1-2H3/t18-/m0/s1. The predicted octanol–water partition coefficient (Wildman–Crippen LogP) is 3.46. The Bertz CT molecular complexity index is 772. The summed E-state index contributed by atoms with van der Waals surface area (Å²) < 4.78 is 10.7. The first-order chi connectivity index (χ1) is 11.7. The average Bonchev–Trinajstić information content (AvgIpc) is 2.79. The highest BCUT2D eigenvalue weighted by Gasteiger charge is 2.30. The van der Waals surface area contributed by atoms with Crippen LogP contribution in [0.4, 0.5) is 0 Å². The van der Waals surface area contributed by atoms with E-state index < -0.39 is 0 Å². The maximum atomic E-state index is 10.1. The van der Waals surface area contributed by atoms with E-state index in [1.54, 1.807) is 14.2 Å². The van der Waals surface area contributed by atoms with Crippen LogP contribution in [-0.2, 0) is 19.4 Å². The van der Waals surface area contributed by atoms with Gasteiger partial charge in [-0.05, 0) is 65.8 Å². The number of hydrogen-bond acceptors (Lipinski definition) is 4. The first kappa shape index (κ1) is 15.3. The van der Waals surface area contributed by atoms with Gasteiger partial charge >= 0.3 is 0 Å². The summed E-state index contributed by atoms with van der Waals surface area (Å²) in [5, 5.41) is 10.1.